The summed E-state index contributed by atoms with van der Waals surface area (Å²) >= 11 is 0. The van der Waals surface area contributed by atoms with E-state index < -0.39 is 18.8 Å². The molecule has 162 valence electrons. The van der Waals surface area contributed by atoms with Crippen molar-refractivity contribution in [2.75, 3.05) is 58.5 Å². The molecule has 0 bridgehead atoms. The fraction of sp³-hybridized carbons (Fsp3) is 0.571. The summed E-state index contributed by atoms with van der Waals surface area (Å²) in [6, 6.07) is 7.46. The molecule has 1 fully saturated rings. The molecule has 2 atom stereocenters. The second-order valence-corrected chi connectivity index (χ2v) is 7.24. The van der Waals surface area contributed by atoms with Crippen LogP contribution in [0.2, 0.25) is 0 Å². The van der Waals surface area contributed by atoms with Gasteiger partial charge in [0.1, 0.15) is 12.8 Å². The SMILES string of the molecule is CNCC/C(N)=C/N[C@H](CF)C(OC)c1ccc(N2CCN(C(C)=O)CC2)cc1. The van der Waals surface area contributed by atoms with E-state index in [1.165, 1.54) is 0 Å². The summed E-state index contributed by atoms with van der Waals surface area (Å²) in [5, 5.41) is 6.09. The lowest BCUT2D eigenvalue weighted by molar-refractivity contribution is -0.129. The van der Waals surface area contributed by atoms with Gasteiger partial charge in [0.25, 0.3) is 0 Å². The highest BCUT2D eigenvalue weighted by Crippen LogP contribution is 2.25. The Balaban J connectivity index is 2.00. The molecular weight excluding hydrogens is 373 g/mol. The smallest absolute Gasteiger partial charge is 0.219 e. The standard InChI is InChI=1S/C21H34FN5O2/c1-16(28)26-10-12-27(13-11-26)19-6-4-17(5-7-19)21(29-3)20(14-22)25-15-18(23)8-9-24-2/h4-7,15,20-21,24-25H,8-14,23H2,1-3H3/b18-15-/t20-,21?/m1/s1. The number of nitrogens with one attached hydrogen (secondary N) is 2. The molecule has 1 saturated heterocycles. The predicted molar refractivity (Wildman–Crippen MR) is 114 cm³/mol. The Morgan fingerprint density at radius 2 is 1.93 bits per heavy atom. The molecule has 4 N–H and O–H groups in total. The van der Waals surface area contributed by atoms with Crippen LogP contribution in [0, 0.1) is 0 Å². The van der Waals surface area contributed by atoms with E-state index in [4.69, 9.17) is 10.5 Å². The van der Waals surface area contributed by atoms with Crippen LogP contribution in [0.25, 0.3) is 0 Å². The number of benzene rings is 1. The summed E-state index contributed by atoms with van der Waals surface area (Å²) in [6.07, 6.45) is 1.92. The Labute approximate surface area is 173 Å². The summed E-state index contributed by atoms with van der Waals surface area (Å²) < 4.78 is 19.3. The van der Waals surface area contributed by atoms with Crippen molar-refractivity contribution in [2.24, 2.45) is 5.73 Å². The van der Waals surface area contributed by atoms with Crippen LogP contribution in [0.3, 0.4) is 0 Å². The van der Waals surface area contributed by atoms with Gasteiger partial charge in [-0.05, 0) is 24.7 Å². The van der Waals surface area contributed by atoms with Crippen LogP contribution in [0.15, 0.2) is 36.2 Å². The molecule has 0 spiro atoms. The van der Waals surface area contributed by atoms with Crippen molar-refractivity contribution in [3.05, 3.63) is 41.7 Å². The quantitative estimate of drug-likeness (QED) is 0.544. The first-order valence-corrected chi connectivity index (χ1v) is 10.0. The van der Waals surface area contributed by atoms with E-state index in [0.29, 0.717) is 12.1 Å². The maximum absolute atomic E-state index is 13.7. The maximum atomic E-state index is 13.7. The molecule has 1 unspecified atom stereocenters. The van der Waals surface area contributed by atoms with Crippen LogP contribution in [0.4, 0.5) is 10.1 Å². The maximum Gasteiger partial charge on any atom is 0.219 e. The first-order valence-electron chi connectivity index (χ1n) is 10.0. The van der Waals surface area contributed by atoms with E-state index in [1.54, 1.807) is 20.2 Å². The molecule has 1 aromatic carbocycles. The van der Waals surface area contributed by atoms with E-state index in [9.17, 15) is 9.18 Å². The number of hydrogen-bond donors (Lipinski definition) is 3. The van der Waals surface area contributed by atoms with Crippen LogP contribution < -0.4 is 21.3 Å². The Bertz CT molecular complexity index is 660. The molecule has 29 heavy (non-hydrogen) atoms. The van der Waals surface area contributed by atoms with Crippen molar-refractivity contribution in [1.29, 1.82) is 0 Å². The lowest BCUT2D eigenvalue weighted by atomic mass is 10.0. The summed E-state index contributed by atoms with van der Waals surface area (Å²) in [6.45, 7) is 4.85. The second-order valence-electron chi connectivity index (χ2n) is 7.24. The highest BCUT2D eigenvalue weighted by atomic mass is 19.1. The average molecular weight is 408 g/mol. The van der Waals surface area contributed by atoms with Crippen molar-refractivity contribution in [3.8, 4) is 0 Å². The number of ether oxygens (including phenoxy) is 1. The van der Waals surface area contributed by atoms with Gasteiger partial charge in [-0.2, -0.15) is 0 Å². The van der Waals surface area contributed by atoms with E-state index >= 15 is 0 Å². The molecule has 1 aliphatic heterocycles. The molecule has 0 saturated carbocycles. The van der Waals surface area contributed by atoms with Crippen molar-refractivity contribution in [3.63, 3.8) is 0 Å². The van der Waals surface area contributed by atoms with Crippen LogP contribution >= 0.6 is 0 Å². The van der Waals surface area contributed by atoms with Crippen LogP contribution in [0.1, 0.15) is 25.0 Å². The largest absolute Gasteiger partial charge is 0.401 e. The summed E-state index contributed by atoms with van der Waals surface area (Å²) in [7, 11) is 3.44. The first-order chi connectivity index (χ1) is 14.0. The third-order valence-corrected chi connectivity index (χ3v) is 5.24. The number of rotatable bonds is 10. The van der Waals surface area contributed by atoms with Gasteiger partial charge in [-0.25, -0.2) is 4.39 Å². The predicted octanol–water partition coefficient (Wildman–Crippen LogP) is 1.38. The minimum Gasteiger partial charge on any atom is -0.401 e. The van der Waals surface area contributed by atoms with Crippen LogP contribution in [-0.4, -0.2) is 70.4 Å². The number of nitrogens with two attached hydrogens (primary N) is 1. The molecule has 7 nitrogen and oxygen atoms in total. The Morgan fingerprint density at radius 1 is 1.28 bits per heavy atom. The zero-order valence-electron chi connectivity index (χ0n) is 17.7. The fourth-order valence-corrected chi connectivity index (χ4v) is 3.46. The van der Waals surface area contributed by atoms with Gasteiger partial charge in [-0.3, -0.25) is 4.79 Å². The van der Waals surface area contributed by atoms with Gasteiger partial charge in [0.15, 0.2) is 0 Å². The van der Waals surface area contributed by atoms with Crippen LogP contribution in [0.5, 0.6) is 0 Å². The number of carbonyl (C=O) groups is 1. The number of anilines is 1. The Morgan fingerprint density at radius 3 is 2.45 bits per heavy atom. The molecule has 8 heteroatoms. The number of methoxy groups -OCH3 is 1. The molecule has 1 amide bonds. The van der Waals surface area contributed by atoms with Gasteiger partial charge in [0.2, 0.25) is 5.91 Å². The summed E-state index contributed by atoms with van der Waals surface area (Å²) in [5.74, 6) is 0.119. The molecular formula is C21H34FN5O2. The number of alkyl halides is 1. The van der Waals surface area contributed by atoms with E-state index in [-0.39, 0.29) is 5.91 Å². The third-order valence-electron chi connectivity index (χ3n) is 5.24. The lowest BCUT2D eigenvalue weighted by Gasteiger charge is -2.35. The van der Waals surface area contributed by atoms with E-state index in [2.05, 4.69) is 15.5 Å². The third kappa shape index (κ3) is 6.61. The van der Waals surface area contributed by atoms with Gasteiger partial charge >= 0.3 is 0 Å². The molecule has 2 rings (SSSR count). The zero-order chi connectivity index (χ0) is 21.2. The normalized spacial score (nSPS) is 17.2. The van der Waals surface area contributed by atoms with Crippen molar-refractivity contribution >= 4 is 11.6 Å². The van der Waals surface area contributed by atoms with Gasteiger partial charge < -0.3 is 30.9 Å². The highest BCUT2D eigenvalue weighted by molar-refractivity contribution is 5.73. The number of carbonyl (C=O) groups excluding carboxylic acids is 1. The summed E-state index contributed by atoms with van der Waals surface area (Å²) in [4.78, 5) is 15.6. The minimum absolute atomic E-state index is 0.119. The number of halogens is 1. The van der Waals surface area contributed by atoms with Gasteiger partial charge in [0.05, 0.1) is 6.04 Å². The Kier molecular flexibility index (Phi) is 9.21. The van der Waals surface area contributed by atoms with Crippen molar-refractivity contribution in [1.82, 2.24) is 15.5 Å². The minimum atomic E-state index is -0.580. The molecule has 0 radical (unpaired) electrons. The number of nitrogens with zero attached hydrogens (tertiary/aromatic N) is 2. The average Bonchev–Trinajstić information content (AvgIpc) is 2.75. The zero-order valence-corrected chi connectivity index (χ0v) is 17.7. The number of hydrogen-bond acceptors (Lipinski definition) is 6. The molecule has 0 aromatic heterocycles. The van der Waals surface area contributed by atoms with E-state index in [1.807, 2.05) is 36.2 Å². The number of amides is 1. The van der Waals surface area contributed by atoms with Crippen molar-refractivity contribution < 1.29 is 13.9 Å². The lowest BCUT2D eigenvalue weighted by Crippen LogP contribution is -2.48. The fourth-order valence-electron chi connectivity index (χ4n) is 3.46. The second kappa shape index (κ2) is 11.6. The van der Waals surface area contributed by atoms with E-state index in [0.717, 1.165) is 44.0 Å². The molecule has 0 aliphatic carbocycles. The monoisotopic (exact) mass is 407 g/mol. The van der Waals surface area contributed by atoms with Gasteiger partial charge in [0, 0.05) is 70.8 Å². The topological polar surface area (TPSA) is 82.9 Å². The highest BCUT2D eigenvalue weighted by Gasteiger charge is 2.23. The summed E-state index contributed by atoms with van der Waals surface area (Å²) in [5.41, 5.74) is 8.59. The van der Waals surface area contributed by atoms with Gasteiger partial charge in [-0.1, -0.05) is 12.1 Å². The first kappa shape index (κ1) is 23.0. The molecule has 1 aromatic rings. The van der Waals surface area contributed by atoms with Gasteiger partial charge in [-0.15, -0.1) is 0 Å². The van der Waals surface area contributed by atoms with Crippen LogP contribution in [-0.2, 0) is 9.53 Å². The molecule has 1 aliphatic rings. The van der Waals surface area contributed by atoms with Crippen molar-refractivity contribution in [2.45, 2.75) is 25.5 Å². The Hall–Kier alpha value is -2.32. The number of piperazine rings is 1. The molecule has 1 heterocycles.